The third kappa shape index (κ3) is 3.80. The molecule has 5 rings (SSSR count). The van der Waals surface area contributed by atoms with Crippen LogP contribution in [0.25, 0.3) is 10.9 Å². The fourth-order valence-corrected chi connectivity index (χ4v) is 4.04. The van der Waals surface area contributed by atoms with E-state index in [-0.39, 0.29) is 5.91 Å². The molecule has 0 spiro atoms. The number of hydrogen-bond acceptors (Lipinski definition) is 5. The summed E-state index contributed by atoms with van der Waals surface area (Å²) in [5.74, 6) is 0.909. The van der Waals surface area contributed by atoms with E-state index in [0.717, 1.165) is 35.2 Å². The van der Waals surface area contributed by atoms with Crippen LogP contribution < -0.4 is 10.2 Å². The van der Waals surface area contributed by atoms with Crippen molar-refractivity contribution in [3.05, 3.63) is 77.7 Å². The number of fused-ring (bicyclic) bond motifs is 1. The fourth-order valence-electron chi connectivity index (χ4n) is 4.04. The van der Waals surface area contributed by atoms with Crippen molar-refractivity contribution in [2.45, 2.75) is 13.5 Å². The maximum atomic E-state index is 12.9. The Labute approximate surface area is 180 Å². The number of furan rings is 1. The van der Waals surface area contributed by atoms with Crippen LogP contribution in [0.15, 0.2) is 65.3 Å². The van der Waals surface area contributed by atoms with Gasteiger partial charge in [-0.2, -0.15) is 5.10 Å². The summed E-state index contributed by atoms with van der Waals surface area (Å²) >= 11 is 0. The summed E-state index contributed by atoms with van der Waals surface area (Å²) in [6.07, 6.45) is 1.52. The molecular weight excluding hydrogens is 392 g/mol. The Morgan fingerprint density at radius 3 is 2.61 bits per heavy atom. The summed E-state index contributed by atoms with van der Waals surface area (Å²) in [5, 5.41) is 8.78. The number of benzene rings is 2. The predicted molar refractivity (Wildman–Crippen MR) is 120 cm³/mol. The smallest absolute Gasteiger partial charge is 0.260 e. The molecular formula is C24H24N4O3. The monoisotopic (exact) mass is 416 g/mol. The van der Waals surface area contributed by atoms with Crippen molar-refractivity contribution in [2.75, 3.05) is 36.5 Å². The van der Waals surface area contributed by atoms with Gasteiger partial charge in [0.25, 0.3) is 5.91 Å². The summed E-state index contributed by atoms with van der Waals surface area (Å²) in [4.78, 5) is 15.2. The van der Waals surface area contributed by atoms with Crippen molar-refractivity contribution >= 4 is 28.3 Å². The zero-order chi connectivity index (χ0) is 21.2. The molecule has 0 aliphatic carbocycles. The first-order chi connectivity index (χ1) is 15.2. The van der Waals surface area contributed by atoms with E-state index in [9.17, 15) is 4.79 Å². The molecule has 1 N–H and O–H groups in total. The molecule has 4 aromatic rings. The number of anilines is 2. The zero-order valence-electron chi connectivity index (χ0n) is 17.4. The van der Waals surface area contributed by atoms with E-state index in [1.165, 1.54) is 6.26 Å². The maximum Gasteiger partial charge on any atom is 0.260 e. The molecule has 158 valence electrons. The number of rotatable bonds is 5. The van der Waals surface area contributed by atoms with E-state index < -0.39 is 0 Å². The number of aromatic nitrogens is 2. The van der Waals surface area contributed by atoms with Gasteiger partial charge >= 0.3 is 0 Å². The Kier molecular flexibility index (Phi) is 5.18. The van der Waals surface area contributed by atoms with Gasteiger partial charge in [-0.1, -0.05) is 36.4 Å². The van der Waals surface area contributed by atoms with Gasteiger partial charge in [0.2, 0.25) is 0 Å². The Morgan fingerprint density at radius 2 is 1.87 bits per heavy atom. The van der Waals surface area contributed by atoms with Crippen LogP contribution in [0.5, 0.6) is 0 Å². The van der Waals surface area contributed by atoms with Gasteiger partial charge in [0.15, 0.2) is 5.82 Å². The summed E-state index contributed by atoms with van der Waals surface area (Å²) in [6, 6.07) is 18.0. The first-order valence-corrected chi connectivity index (χ1v) is 10.4. The Hall–Kier alpha value is -3.58. The summed E-state index contributed by atoms with van der Waals surface area (Å²) < 4.78 is 12.8. The summed E-state index contributed by atoms with van der Waals surface area (Å²) in [5.41, 5.74) is 3.69. The topological polar surface area (TPSA) is 72.5 Å². The van der Waals surface area contributed by atoms with Crippen LogP contribution in [0, 0.1) is 6.92 Å². The number of nitrogens with zero attached hydrogens (tertiary/aromatic N) is 3. The molecule has 0 atom stereocenters. The van der Waals surface area contributed by atoms with E-state index >= 15 is 0 Å². The van der Waals surface area contributed by atoms with Gasteiger partial charge in [-0.3, -0.25) is 9.48 Å². The Morgan fingerprint density at radius 1 is 1.06 bits per heavy atom. The molecule has 1 amide bonds. The average molecular weight is 416 g/mol. The number of amides is 1. The van der Waals surface area contributed by atoms with Gasteiger partial charge in [0.05, 0.1) is 48.2 Å². The van der Waals surface area contributed by atoms with E-state index in [0.29, 0.717) is 36.9 Å². The lowest BCUT2D eigenvalue weighted by Gasteiger charge is -2.29. The largest absolute Gasteiger partial charge is 0.469 e. The summed E-state index contributed by atoms with van der Waals surface area (Å²) in [6.45, 7) is 5.37. The molecule has 1 aliphatic heterocycles. The number of carbonyl (C=O) groups excluding carboxylic acids is 1. The third-order valence-corrected chi connectivity index (χ3v) is 5.62. The molecule has 31 heavy (non-hydrogen) atoms. The molecule has 0 saturated carbocycles. The van der Waals surface area contributed by atoms with Gasteiger partial charge < -0.3 is 19.4 Å². The van der Waals surface area contributed by atoms with Crippen molar-refractivity contribution in [1.29, 1.82) is 0 Å². The van der Waals surface area contributed by atoms with Crippen LogP contribution in [-0.4, -0.2) is 42.0 Å². The molecule has 0 radical (unpaired) electrons. The van der Waals surface area contributed by atoms with Crippen LogP contribution >= 0.6 is 0 Å². The molecule has 0 unspecified atom stereocenters. The first kappa shape index (κ1) is 19.4. The third-order valence-electron chi connectivity index (χ3n) is 5.62. The van der Waals surface area contributed by atoms with Crippen LogP contribution in [-0.2, 0) is 11.3 Å². The molecule has 1 fully saturated rings. The molecule has 3 heterocycles. The predicted octanol–water partition coefficient (Wildman–Crippen LogP) is 4.07. The van der Waals surface area contributed by atoms with E-state index in [4.69, 9.17) is 14.3 Å². The molecule has 2 aromatic heterocycles. The molecule has 2 aromatic carbocycles. The zero-order valence-corrected chi connectivity index (χ0v) is 17.4. The van der Waals surface area contributed by atoms with Gasteiger partial charge in [0.1, 0.15) is 5.76 Å². The van der Waals surface area contributed by atoms with Gasteiger partial charge in [-0.25, -0.2) is 0 Å². The quantitative estimate of drug-likeness (QED) is 0.531. The lowest BCUT2D eigenvalue weighted by molar-refractivity contribution is 0.102. The van der Waals surface area contributed by atoms with E-state index in [1.54, 1.807) is 13.0 Å². The average Bonchev–Trinajstić information content (AvgIpc) is 3.39. The van der Waals surface area contributed by atoms with E-state index in [2.05, 4.69) is 28.4 Å². The molecule has 7 heteroatoms. The second kappa shape index (κ2) is 8.28. The fraction of sp³-hybridized carbons (Fsp3) is 0.250. The Balaban J connectivity index is 1.59. The standard InChI is InChI=1S/C24H24N4O3/c1-17-19(10-13-31-17)24(29)25-23-22-20(27-11-14-30-15-12-27)8-5-9-21(22)28(26-23)16-18-6-3-2-4-7-18/h2-10,13H,11-12,14-16H2,1H3,(H,25,26,29). The highest BCUT2D eigenvalue weighted by molar-refractivity contribution is 6.11. The second-order valence-corrected chi connectivity index (χ2v) is 7.61. The normalized spacial score (nSPS) is 14.2. The van der Waals surface area contributed by atoms with Gasteiger partial charge in [0, 0.05) is 13.1 Å². The number of hydrogen-bond donors (Lipinski definition) is 1. The van der Waals surface area contributed by atoms with Crippen molar-refractivity contribution in [3.8, 4) is 0 Å². The summed E-state index contributed by atoms with van der Waals surface area (Å²) in [7, 11) is 0. The van der Waals surface area contributed by atoms with Crippen molar-refractivity contribution in [3.63, 3.8) is 0 Å². The number of ether oxygens (including phenoxy) is 1. The number of aryl methyl sites for hydroxylation is 1. The molecule has 1 aliphatic rings. The number of nitrogens with one attached hydrogen (secondary N) is 1. The lowest BCUT2D eigenvalue weighted by atomic mass is 10.1. The van der Waals surface area contributed by atoms with Crippen molar-refractivity contribution in [1.82, 2.24) is 9.78 Å². The van der Waals surface area contributed by atoms with Crippen LogP contribution in [0.3, 0.4) is 0 Å². The lowest BCUT2D eigenvalue weighted by Crippen LogP contribution is -2.36. The van der Waals surface area contributed by atoms with Crippen LogP contribution in [0.1, 0.15) is 21.7 Å². The first-order valence-electron chi connectivity index (χ1n) is 10.4. The van der Waals surface area contributed by atoms with E-state index in [1.807, 2.05) is 35.0 Å². The maximum absolute atomic E-state index is 12.9. The van der Waals surface area contributed by atoms with Crippen molar-refractivity contribution < 1.29 is 13.9 Å². The number of carbonyl (C=O) groups is 1. The molecule has 0 bridgehead atoms. The highest BCUT2D eigenvalue weighted by Gasteiger charge is 2.22. The van der Waals surface area contributed by atoms with Gasteiger partial charge in [-0.05, 0) is 30.7 Å². The minimum absolute atomic E-state index is 0.228. The Bertz CT molecular complexity index is 1210. The highest BCUT2D eigenvalue weighted by Crippen LogP contribution is 2.34. The SMILES string of the molecule is Cc1occc1C(=O)Nc1nn(Cc2ccccc2)c2cccc(N3CCOCC3)c12. The second-order valence-electron chi connectivity index (χ2n) is 7.61. The number of morpholine rings is 1. The minimum Gasteiger partial charge on any atom is -0.469 e. The minimum atomic E-state index is -0.228. The van der Waals surface area contributed by atoms with Crippen LogP contribution in [0.4, 0.5) is 11.5 Å². The van der Waals surface area contributed by atoms with Gasteiger partial charge in [-0.15, -0.1) is 0 Å². The highest BCUT2D eigenvalue weighted by atomic mass is 16.5. The molecule has 1 saturated heterocycles. The molecule has 7 nitrogen and oxygen atoms in total. The van der Waals surface area contributed by atoms with Crippen molar-refractivity contribution in [2.24, 2.45) is 0 Å². The van der Waals surface area contributed by atoms with Crippen LogP contribution in [0.2, 0.25) is 0 Å².